The zero-order chi connectivity index (χ0) is 16.9. The molecule has 0 atom stereocenters. The van der Waals surface area contributed by atoms with E-state index in [0.29, 0.717) is 11.5 Å². The maximum atomic E-state index is 12.4. The number of pyridine rings is 1. The van der Waals surface area contributed by atoms with Crippen LogP contribution in [0.15, 0.2) is 42.6 Å². The van der Waals surface area contributed by atoms with Crippen molar-refractivity contribution in [1.82, 2.24) is 4.98 Å². The van der Waals surface area contributed by atoms with Crippen LogP contribution < -0.4 is 10.2 Å². The summed E-state index contributed by atoms with van der Waals surface area (Å²) in [5.41, 5.74) is 2.57. The monoisotopic (exact) mass is 325 g/mol. The molecular weight excluding hydrogens is 302 g/mol. The van der Waals surface area contributed by atoms with E-state index in [1.807, 2.05) is 30.3 Å². The highest BCUT2D eigenvalue weighted by atomic mass is 16.5. The number of carbonyl (C=O) groups excluding carboxylic acids is 1. The molecule has 1 aliphatic heterocycles. The molecule has 0 unspecified atom stereocenters. The number of aromatic nitrogens is 1. The average molecular weight is 325 g/mol. The van der Waals surface area contributed by atoms with Crippen LogP contribution in [0.5, 0.6) is 0 Å². The highest BCUT2D eigenvalue weighted by Crippen LogP contribution is 2.19. The van der Waals surface area contributed by atoms with Gasteiger partial charge in [0.1, 0.15) is 5.82 Å². The number of amides is 1. The zero-order valence-corrected chi connectivity index (χ0v) is 14.2. The Morgan fingerprint density at radius 2 is 2.00 bits per heavy atom. The van der Waals surface area contributed by atoms with Crippen molar-refractivity contribution in [2.45, 2.75) is 19.8 Å². The van der Waals surface area contributed by atoms with Crippen molar-refractivity contribution in [2.75, 3.05) is 36.5 Å². The maximum Gasteiger partial charge on any atom is 0.257 e. The number of nitrogens with zero attached hydrogens (tertiary/aromatic N) is 2. The standard InChI is InChI=1S/C19H23N3O2/c1-14(2)15-4-3-5-17(12-15)21-19(23)16-6-7-18(20-13-16)22-8-10-24-11-9-22/h3-7,12-14H,8-11H2,1-2H3,(H,21,23). The molecule has 0 spiro atoms. The topological polar surface area (TPSA) is 54.5 Å². The minimum absolute atomic E-state index is 0.142. The Hall–Kier alpha value is -2.40. The van der Waals surface area contributed by atoms with Crippen LogP contribution in [0.3, 0.4) is 0 Å². The molecule has 126 valence electrons. The number of ether oxygens (including phenoxy) is 1. The Kier molecular flexibility index (Phi) is 5.11. The zero-order valence-electron chi connectivity index (χ0n) is 14.2. The number of rotatable bonds is 4. The first-order chi connectivity index (χ1) is 11.6. The van der Waals surface area contributed by atoms with Crippen molar-refractivity contribution >= 4 is 17.4 Å². The van der Waals surface area contributed by atoms with Crippen molar-refractivity contribution in [3.05, 3.63) is 53.7 Å². The number of hydrogen-bond donors (Lipinski definition) is 1. The quantitative estimate of drug-likeness (QED) is 0.937. The van der Waals surface area contributed by atoms with Crippen LogP contribution in [-0.2, 0) is 4.74 Å². The third kappa shape index (κ3) is 3.92. The third-order valence-electron chi connectivity index (χ3n) is 4.16. The van der Waals surface area contributed by atoms with Crippen LogP contribution in [0, 0.1) is 0 Å². The minimum atomic E-state index is -0.142. The smallest absolute Gasteiger partial charge is 0.257 e. The first kappa shape index (κ1) is 16.5. The minimum Gasteiger partial charge on any atom is -0.378 e. The van der Waals surface area contributed by atoms with Crippen molar-refractivity contribution < 1.29 is 9.53 Å². The highest BCUT2D eigenvalue weighted by Gasteiger charge is 2.13. The summed E-state index contributed by atoms with van der Waals surface area (Å²) in [4.78, 5) is 19.0. The van der Waals surface area contributed by atoms with E-state index in [0.717, 1.165) is 37.8 Å². The van der Waals surface area contributed by atoms with Gasteiger partial charge in [-0.3, -0.25) is 4.79 Å². The summed E-state index contributed by atoms with van der Waals surface area (Å²) < 4.78 is 5.34. The number of benzene rings is 1. The second-order valence-electron chi connectivity index (χ2n) is 6.24. The van der Waals surface area contributed by atoms with Crippen LogP contribution >= 0.6 is 0 Å². The molecule has 1 fully saturated rings. The van der Waals surface area contributed by atoms with Gasteiger partial charge in [0.25, 0.3) is 5.91 Å². The molecule has 3 rings (SSSR count). The lowest BCUT2D eigenvalue weighted by Crippen LogP contribution is -2.36. The van der Waals surface area contributed by atoms with Gasteiger partial charge in [0, 0.05) is 25.0 Å². The molecule has 1 aliphatic rings. The van der Waals surface area contributed by atoms with Crippen LogP contribution in [-0.4, -0.2) is 37.2 Å². The summed E-state index contributed by atoms with van der Waals surface area (Å²) in [7, 11) is 0. The molecule has 0 radical (unpaired) electrons. The first-order valence-corrected chi connectivity index (χ1v) is 8.33. The first-order valence-electron chi connectivity index (χ1n) is 8.33. The molecule has 0 bridgehead atoms. The van der Waals surface area contributed by atoms with Gasteiger partial charge >= 0.3 is 0 Å². The SMILES string of the molecule is CC(C)c1cccc(NC(=O)c2ccc(N3CCOCC3)nc2)c1. The molecule has 2 heterocycles. The lowest BCUT2D eigenvalue weighted by atomic mass is 10.0. The molecule has 1 N–H and O–H groups in total. The number of carbonyl (C=O) groups is 1. The van der Waals surface area contributed by atoms with E-state index in [1.54, 1.807) is 6.20 Å². The van der Waals surface area contributed by atoms with E-state index >= 15 is 0 Å². The predicted molar refractivity (Wildman–Crippen MR) is 95.8 cm³/mol. The fourth-order valence-electron chi connectivity index (χ4n) is 2.68. The van der Waals surface area contributed by atoms with Gasteiger partial charge in [-0.05, 0) is 35.7 Å². The molecule has 1 aromatic heterocycles. The van der Waals surface area contributed by atoms with E-state index in [2.05, 4.69) is 35.1 Å². The number of anilines is 2. The van der Waals surface area contributed by atoms with Gasteiger partial charge in [0.2, 0.25) is 0 Å². The largest absolute Gasteiger partial charge is 0.378 e. The fourth-order valence-corrected chi connectivity index (χ4v) is 2.68. The Balaban J connectivity index is 1.67. The van der Waals surface area contributed by atoms with Gasteiger partial charge in [-0.1, -0.05) is 26.0 Å². The lowest BCUT2D eigenvalue weighted by molar-refractivity contribution is 0.102. The van der Waals surface area contributed by atoms with Crippen LogP contribution in [0.4, 0.5) is 11.5 Å². The number of hydrogen-bond acceptors (Lipinski definition) is 4. The Labute approximate surface area is 142 Å². The molecule has 1 amide bonds. The summed E-state index contributed by atoms with van der Waals surface area (Å²) >= 11 is 0. The molecular formula is C19H23N3O2. The third-order valence-corrected chi connectivity index (χ3v) is 4.16. The summed E-state index contributed by atoms with van der Waals surface area (Å²) in [6, 6.07) is 11.7. The van der Waals surface area contributed by atoms with Crippen LogP contribution in [0.25, 0.3) is 0 Å². The number of nitrogens with one attached hydrogen (secondary N) is 1. The molecule has 24 heavy (non-hydrogen) atoms. The maximum absolute atomic E-state index is 12.4. The van der Waals surface area contributed by atoms with Gasteiger partial charge in [-0.15, -0.1) is 0 Å². The van der Waals surface area contributed by atoms with E-state index in [1.165, 1.54) is 5.56 Å². The van der Waals surface area contributed by atoms with Gasteiger partial charge in [0.05, 0.1) is 18.8 Å². The van der Waals surface area contributed by atoms with E-state index in [4.69, 9.17) is 4.74 Å². The summed E-state index contributed by atoms with van der Waals surface area (Å²) in [6.45, 7) is 7.37. The van der Waals surface area contributed by atoms with Crippen LogP contribution in [0.1, 0.15) is 35.7 Å². The van der Waals surface area contributed by atoms with Gasteiger partial charge < -0.3 is 15.0 Å². The molecule has 1 aromatic carbocycles. The van der Waals surface area contributed by atoms with E-state index in [-0.39, 0.29) is 5.91 Å². The summed E-state index contributed by atoms with van der Waals surface area (Å²) in [6.07, 6.45) is 1.63. The molecule has 2 aromatic rings. The molecule has 0 saturated carbocycles. The van der Waals surface area contributed by atoms with E-state index < -0.39 is 0 Å². The Morgan fingerprint density at radius 3 is 2.67 bits per heavy atom. The van der Waals surface area contributed by atoms with Crippen molar-refractivity contribution in [2.24, 2.45) is 0 Å². The van der Waals surface area contributed by atoms with Crippen LogP contribution in [0.2, 0.25) is 0 Å². The summed E-state index contributed by atoms with van der Waals surface area (Å²) in [5, 5.41) is 2.94. The normalized spacial score (nSPS) is 14.7. The van der Waals surface area contributed by atoms with Crippen molar-refractivity contribution in [3.63, 3.8) is 0 Å². The molecule has 1 saturated heterocycles. The van der Waals surface area contributed by atoms with Crippen molar-refractivity contribution in [3.8, 4) is 0 Å². The molecule has 5 nitrogen and oxygen atoms in total. The summed E-state index contributed by atoms with van der Waals surface area (Å²) in [5.74, 6) is 1.17. The van der Waals surface area contributed by atoms with Gasteiger partial charge in [0.15, 0.2) is 0 Å². The predicted octanol–water partition coefficient (Wildman–Crippen LogP) is 3.29. The van der Waals surface area contributed by atoms with Gasteiger partial charge in [-0.2, -0.15) is 0 Å². The van der Waals surface area contributed by atoms with Gasteiger partial charge in [-0.25, -0.2) is 4.98 Å². The molecule has 0 aliphatic carbocycles. The second kappa shape index (κ2) is 7.45. The van der Waals surface area contributed by atoms with Crippen molar-refractivity contribution in [1.29, 1.82) is 0 Å². The number of morpholine rings is 1. The lowest BCUT2D eigenvalue weighted by Gasteiger charge is -2.27. The average Bonchev–Trinajstić information content (AvgIpc) is 2.63. The highest BCUT2D eigenvalue weighted by molar-refractivity contribution is 6.04. The Bertz CT molecular complexity index is 692. The van der Waals surface area contributed by atoms with E-state index in [9.17, 15) is 4.79 Å². The Morgan fingerprint density at radius 1 is 1.21 bits per heavy atom. The second-order valence-corrected chi connectivity index (χ2v) is 6.24. The molecule has 5 heteroatoms. The fraction of sp³-hybridized carbons (Fsp3) is 0.368.